The van der Waals surface area contributed by atoms with Crippen molar-refractivity contribution in [1.82, 2.24) is 20.3 Å². The van der Waals surface area contributed by atoms with Crippen molar-refractivity contribution in [3.8, 4) is 0 Å². The number of halogens is 1. The van der Waals surface area contributed by atoms with Crippen LogP contribution in [0.15, 0.2) is 23.0 Å². The van der Waals surface area contributed by atoms with Crippen LogP contribution in [0, 0.1) is 0 Å². The van der Waals surface area contributed by atoms with Gasteiger partial charge in [-0.25, -0.2) is 14.5 Å². The minimum Gasteiger partial charge on any atom is -0.465 e. The molecule has 25 heavy (non-hydrogen) atoms. The van der Waals surface area contributed by atoms with Crippen molar-refractivity contribution in [3.63, 3.8) is 0 Å². The highest BCUT2D eigenvalue weighted by atomic mass is 35.5. The SMILES string of the molecule is O=C(O)NCCCc1nc2cccc(Cl)c2c(=O)n1N1CCNCC1. The Kier molecular flexibility index (Phi) is 5.40. The van der Waals surface area contributed by atoms with Gasteiger partial charge in [-0.15, -0.1) is 0 Å². The van der Waals surface area contributed by atoms with Crippen molar-refractivity contribution in [1.29, 1.82) is 0 Å². The quantitative estimate of drug-likeness (QED) is 0.677. The molecule has 2 heterocycles. The molecule has 1 aromatic heterocycles. The number of carbonyl (C=O) groups is 1. The second kappa shape index (κ2) is 7.71. The van der Waals surface area contributed by atoms with Crippen LogP contribution in [0.1, 0.15) is 12.2 Å². The maximum absolute atomic E-state index is 13.1. The van der Waals surface area contributed by atoms with Gasteiger partial charge in [0.15, 0.2) is 0 Å². The van der Waals surface area contributed by atoms with Crippen molar-refractivity contribution in [2.45, 2.75) is 12.8 Å². The summed E-state index contributed by atoms with van der Waals surface area (Å²) in [4.78, 5) is 28.3. The van der Waals surface area contributed by atoms with Gasteiger partial charge in [-0.1, -0.05) is 17.7 Å². The largest absolute Gasteiger partial charge is 0.465 e. The van der Waals surface area contributed by atoms with E-state index in [9.17, 15) is 9.59 Å². The Hall–Kier alpha value is -2.32. The molecule has 9 heteroatoms. The van der Waals surface area contributed by atoms with Crippen LogP contribution in [-0.4, -0.2) is 53.6 Å². The standard InChI is InChI=1S/C16H20ClN5O3/c17-11-3-1-4-12-14(11)15(23)22(21-9-7-18-8-10-21)13(20-12)5-2-6-19-16(24)25/h1,3-4,18-19H,2,5-10H2,(H,24,25). The van der Waals surface area contributed by atoms with Crippen LogP contribution in [-0.2, 0) is 6.42 Å². The highest BCUT2D eigenvalue weighted by molar-refractivity contribution is 6.35. The number of fused-ring (bicyclic) bond motifs is 1. The smallest absolute Gasteiger partial charge is 0.404 e. The van der Waals surface area contributed by atoms with Gasteiger partial charge in [-0.3, -0.25) is 4.79 Å². The molecule has 8 nitrogen and oxygen atoms in total. The number of hydrogen-bond donors (Lipinski definition) is 3. The predicted octanol–water partition coefficient (Wildman–Crippen LogP) is 0.791. The Morgan fingerprint density at radius 1 is 1.36 bits per heavy atom. The van der Waals surface area contributed by atoms with E-state index in [0.717, 1.165) is 13.1 Å². The zero-order valence-corrected chi connectivity index (χ0v) is 14.4. The fraction of sp³-hybridized carbons (Fsp3) is 0.438. The normalized spacial score (nSPS) is 14.7. The van der Waals surface area contributed by atoms with Crippen LogP contribution in [0.2, 0.25) is 5.02 Å². The molecule has 3 rings (SSSR count). The van der Waals surface area contributed by atoms with E-state index in [0.29, 0.717) is 54.2 Å². The van der Waals surface area contributed by atoms with Crippen LogP contribution in [0.3, 0.4) is 0 Å². The van der Waals surface area contributed by atoms with E-state index < -0.39 is 6.09 Å². The molecule has 1 aromatic carbocycles. The minimum atomic E-state index is -1.06. The molecule has 0 saturated carbocycles. The lowest BCUT2D eigenvalue weighted by atomic mass is 10.2. The maximum atomic E-state index is 13.1. The van der Waals surface area contributed by atoms with E-state index in [1.807, 2.05) is 5.01 Å². The topological polar surface area (TPSA) is 99.5 Å². The van der Waals surface area contributed by atoms with E-state index >= 15 is 0 Å². The summed E-state index contributed by atoms with van der Waals surface area (Å²) in [6.45, 7) is 3.26. The van der Waals surface area contributed by atoms with Crippen LogP contribution in [0.5, 0.6) is 0 Å². The number of aromatic nitrogens is 2. The first-order chi connectivity index (χ1) is 12.1. The van der Waals surface area contributed by atoms with Crippen molar-refractivity contribution in [3.05, 3.63) is 39.4 Å². The van der Waals surface area contributed by atoms with E-state index in [1.165, 1.54) is 0 Å². The Labute approximate surface area is 149 Å². The average Bonchev–Trinajstić information content (AvgIpc) is 2.59. The van der Waals surface area contributed by atoms with E-state index in [4.69, 9.17) is 16.7 Å². The molecule has 0 aliphatic carbocycles. The lowest BCUT2D eigenvalue weighted by molar-refractivity contribution is 0.194. The summed E-state index contributed by atoms with van der Waals surface area (Å²) in [5, 5.41) is 17.0. The second-order valence-corrected chi connectivity index (χ2v) is 6.23. The number of nitrogens with one attached hydrogen (secondary N) is 2. The lowest BCUT2D eigenvalue weighted by Crippen LogP contribution is -2.54. The van der Waals surface area contributed by atoms with Crippen molar-refractivity contribution >= 4 is 28.6 Å². The van der Waals surface area contributed by atoms with Gasteiger partial charge in [0.05, 0.1) is 15.9 Å². The van der Waals surface area contributed by atoms with Gasteiger partial charge in [0, 0.05) is 39.1 Å². The molecule has 2 aromatic rings. The first-order valence-electron chi connectivity index (χ1n) is 8.21. The van der Waals surface area contributed by atoms with Crippen LogP contribution in [0.4, 0.5) is 4.79 Å². The molecule has 1 aliphatic heterocycles. The zero-order chi connectivity index (χ0) is 17.8. The zero-order valence-electron chi connectivity index (χ0n) is 13.7. The molecule has 134 valence electrons. The second-order valence-electron chi connectivity index (χ2n) is 5.82. The number of benzene rings is 1. The van der Waals surface area contributed by atoms with E-state index in [1.54, 1.807) is 22.9 Å². The van der Waals surface area contributed by atoms with Crippen LogP contribution >= 0.6 is 11.6 Å². The summed E-state index contributed by atoms with van der Waals surface area (Å²) >= 11 is 6.23. The predicted molar refractivity (Wildman–Crippen MR) is 96.2 cm³/mol. The van der Waals surface area contributed by atoms with Gasteiger partial charge in [0.25, 0.3) is 5.56 Å². The van der Waals surface area contributed by atoms with Gasteiger partial charge < -0.3 is 20.7 Å². The maximum Gasteiger partial charge on any atom is 0.404 e. The molecule has 1 fully saturated rings. The monoisotopic (exact) mass is 365 g/mol. The summed E-state index contributed by atoms with van der Waals surface area (Å²) < 4.78 is 1.61. The molecule has 1 saturated heterocycles. The molecule has 3 N–H and O–H groups in total. The summed E-state index contributed by atoms with van der Waals surface area (Å²) in [5.41, 5.74) is 0.378. The number of piperazine rings is 1. The Balaban J connectivity index is 2.00. The average molecular weight is 366 g/mol. The van der Waals surface area contributed by atoms with Crippen LogP contribution < -0.4 is 21.2 Å². The summed E-state index contributed by atoms with van der Waals surface area (Å²) in [5.74, 6) is 0.619. The van der Waals surface area contributed by atoms with Gasteiger partial charge in [0.2, 0.25) is 0 Å². The van der Waals surface area contributed by atoms with E-state index in [2.05, 4.69) is 15.6 Å². The van der Waals surface area contributed by atoms with Crippen molar-refractivity contribution in [2.24, 2.45) is 0 Å². The third-order valence-electron chi connectivity index (χ3n) is 4.12. The summed E-state index contributed by atoms with van der Waals surface area (Å²) in [7, 11) is 0. The van der Waals surface area contributed by atoms with Crippen molar-refractivity contribution in [2.75, 3.05) is 37.7 Å². The fourth-order valence-electron chi connectivity index (χ4n) is 2.98. The summed E-state index contributed by atoms with van der Waals surface area (Å²) in [6, 6.07) is 5.22. The third-order valence-corrected chi connectivity index (χ3v) is 4.44. The number of nitrogens with zero attached hydrogens (tertiary/aromatic N) is 3. The first kappa shape index (κ1) is 17.5. The number of amides is 1. The Morgan fingerprint density at radius 2 is 2.12 bits per heavy atom. The third kappa shape index (κ3) is 3.85. The first-order valence-corrected chi connectivity index (χ1v) is 8.58. The number of hydrogen-bond acceptors (Lipinski definition) is 5. The lowest BCUT2D eigenvalue weighted by Gasteiger charge is -2.32. The Bertz CT molecular complexity index is 832. The number of carboxylic acid groups (broad SMARTS) is 1. The van der Waals surface area contributed by atoms with Gasteiger partial charge in [-0.05, 0) is 18.6 Å². The molecule has 0 radical (unpaired) electrons. The van der Waals surface area contributed by atoms with Gasteiger partial charge >= 0.3 is 6.09 Å². The summed E-state index contributed by atoms with van der Waals surface area (Å²) in [6.07, 6.45) is -0.0172. The van der Waals surface area contributed by atoms with Crippen molar-refractivity contribution < 1.29 is 9.90 Å². The molecular formula is C16H20ClN5O3. The fourth-order valence-corrected chi connectivity index (χ4v) is 3.23. The number of rotatable bonds is 5. The Morgan fingerprint density at radius 3 is 2.84 bits per heavy atom. The molecule has 0 unspecified atom stereocenters. The molecule has 0 bridgehead atoms. The molecule has 1 aliphatic rings. The minimum absolute atomic E-state index is 0.182. The molecule has 1 amide bonds. The van der Waals surface area contributed by atoms with Crippen LogP contribution in [0.25, 0.3) is 10.9 Å². The highest BCUT2D eigenvalue weighted by Crippen LogP contribution is 2.19. The van der Waals surface area contributed by atoms with E-state index in [-0.39, 0.29) is 5.56 Å². The highest BCUT2D eigenvalue weighted by Gasteiger charge is 2.19. The molecule has 0 spiro atoms. The number of aryl methyl sites for hydroxylation is 1. The molecule has 0 atom stereocenters. The van der Waals surface area contributed by atoms with Gasteiger partial charge in [0.1, 0.15) is 5.82 Å². The molecular weight excluding hydrogens is 346 g/mol. The van der Waals surface area contributed by atoms with Gasteiger partial charge in [-0.2, -0.15) is 0 Å².